The van der Waals surface area contributed by atoms with Crippen molar-refractivity contribution in [3.8, 4) is 0 Å². The number of nitrogen functional groups attached to an aromatic ring is 1. The maximum absolute atomic E-state index is 12.5. The van der Waals surface area contributed by atoms with E-state index in [1.54, 1.807) is 24.5 Å². The molecule has 4 rings (SSSR count). The maximum Gasteiger partial charge on any atom is 0.246 e. The minimum absolute atomic E-state index is 0.0392. The topological polar surface area (TPSA) is 98.1 Å². The Labute approximate surface area is 150 Å². The van der Waals surface area contributed by atoms with Crippen molar-refractivity contribution in [2.75, 3.05) is 18.8 Å². The first-order valence-electron chi connectivity index (χ1n) is 8.59. The van der Waals surface area contributed by atoms with Gasteiger partial charge in [0.15, 0.2) is 11.5 Å². The molecule has 1 aliphatic heterocycles. The molecule has 1 aliphatic rings. The summed E-state index contributed by atoms with van der Waals surface area (Å²) in [5.74, 6) is 1.00. The summed E-state index contributed by atoms with van der Waals surface area (Å²) < 4.78 is 5.88. The lowest BCUT2D eigenvalue weighted by Crippen LogP contribution is -2.38. The van der Waals surface area contributed by atoms with Crippen LogP contribution in [0, 0.1) is 0 Å². The minimum atomic E-state index is -0.0392. The number of carbonyl (C=O) groups is 1. The van der Waals surface area contributed by atoms with Crippen molar-refractivity contribution < 1.29 is 9.21 Å². The van der Waals surface area contributed by atoms with Gasteiger partial charge in [0.05, 0.1) is 5.92 Å². The van der Waals surface area contributed by atoms with E-state index >= 15 is 0 Å². The molecule has 1 amide bonds. The van der Waals surface area contributed by atoms with Crippen molar-refractivity contribution in [2.24, 2.45) is 0 Å². The molecular formula is C19H19N5O2. The van der Waals surface area contributed by atoms with Gasteiger partial charge in [0.1, 0.15) is 5.52 Å². The van der Waals surface area contributed by atoms with E-state index in [0.717, 1.165) is 36.0 Å². The molecule has 3 aromatic rings. The van der Waals surface area contributed by atoms with Crippen LogP contribution in [0.15, 0.2) is 47.2 Å². The highest BCUT2D eigenvalue weighted by Crippen LogP contribution is 2.29. The van der Waals surface area contributed by atoms with Crippen LogP contribution in [0.25, 0.3) is 17.2 Å². The molecule has 26 heavy (non-hydrogen) atoms. The van der Waals surface area contributed by atoms with Crippen LogP contribution in [-0.4, -0.2) is 38.8 Å². The molecule has 0 aliphatic carbocycles. The van der Waals surface area contributed by atoms with E-state index in [0.29, 0.717) is 12.4 Å². The lowest BCUT2D eigenvalue weighted by Gasteiger charge is -2.30. The number of piperidine rings is 1. The van der Waals surface area contributed by atoms with E-state index in [9.17, 15) is 4.79 Å². The van der Waals surface area contributed by atoms with Gasteiger partial charge in [-0.2, -0.15) is 0 Å². The third kappa shape index (κ3) is 3.42. The van der Waals surface area contributed by atoms with Crippen LogP contribution in [0.4, 0.5) is 5.95 Å². The quantitative estimate of drug-likeness (QED) is 0.730. The monoisotopic (exact) mass is 349 g/mol. The van der Waals surface area contributed by atoms with Crippen LogP contribution < -0.4 is 5.73 Å². The number of para-hydroxylation sites is 2. The number of benzene rings is 1. The molecule has 1 aromatic carbocycles. The Balaban J connectivity index is 1.45. The number of rotatable bonds is 3. The van der Waals surface area contributed by atoms with Crippen molar-refractivity contribution in [3.63, 3.8) is 0 Å². The van der Waals surface area contributed by atoms with Gasteiger partial charge in [0.25, 0.3) is 0 Å². The van der Waals surface area contributed by atoms with Gasteiger partial charge >= 0.3 is 0 Å². The number of fused-ring (bicyclic) bond motifs is 1. The number of carbonyl (C=O) groups excluding carboxylic acids is 1. The molecule has 7 heteroatoms. The third-order valence-corrected chi connectivity index (χ3v) is 4.50. The summed E-state index contributed by atoms with van der Waals surface area (Å²) >= 11 is 0. The summed E-state index contributed by atoms with van der Waals surface area (Å²) in [6.45, 7) is 1.34. The number of likely N-dealkylation sites (tertiary alicyclic amines) is 1. The normalized spacial score (nSPS) is 17.8. The summed E-state index contributed by atoms with van der Waals surface area (Å²) in [4.78, 5) is 26.7. The van der Waals surface area contributed by atoms with Crippen LogP contribution in [-0.2, 0) is 4.79 Å². The minimum Gasteiger partial charge on any atom is -0.440 e. The van der Waals surface area contributed by atoms with Crippen LogP contribution in [0.1, 0.15) is 30.2 Å². The molecule has 0 saturated carbocycles. The van der Waals surface area contributed by atoms with E-state index in [4.69, 9.17) is 10.2 Å². The van der Waals surface area contributed by atoms with Crippen molar-refractivity contribution in [3.05, 3.63) is 54.2 Å². The second kappa shape index (κ2) is 6.95. The fourth-order valence-corrected chi connectivity index (χ4v) is 3.15. The average molecular weight is 349 g/mol. The van der Waals surface area contributed by atoms with E-state index in [1.807, 2.05) is 29.2 Å². The van der Waals surface area contributed by atoms with Gasteiger partial charge in [-0.3, -0.25) is 4.79 Å². The Morgan fingerprint density at radius 1 is 1.27 bits per heavy atom. The fourth-order valence-electron chi connectivity index (χ4n) is 3.15. The molecule has 2 aromatic heterocycles. The number of nitrogens with two attached hydrogens (primary N) is 1. The highest BCUT2D eigenvalue weighted by molar-refractivity contribution is 5.91. The molecule has 0 bridgehead atoms. The molecule has 0 spiro atoms. The van der Waals surface area contributed by atoms with Crippen molar-refractivity contribution in [1.29, 1.82) is 0 Å². The number of oxazole rings is 1. The van der Waals surface area contributed by atoms with Gasteiger partial charge in [-0.25, -0.2) is 15.0 Å². The largest absolute Gasteiger partial charge is 0.440 e. The Morgan fingerprint density at radius 3 is 2.88 bits per heavy atom. The van der Waals surface area contributed by atoms with Crippen LogP contribution in [0.3, 0.4) is 0 Å². The fraction of sp³-hybridized carbons (Fsp3) is 0.263. The Morgan fingerprint density at radius 2 is 2.08 bits per heavy atom. The predicted molar refractivity (Wildman–Crippen MR) is 98.0 cm³/mol. The SMILES string of the molecule is Nc1ncc(C=CC(=O)N2CCCC(c3nc4ccccc4o3)C2)cn1. The number of anilines is 1. The number of hydrogen-bond acceptors (Lipinski definition) is 6. The first kappa shape index (κ1) is 16.3. The number of hydrogen-bond donors (Lipinski definition) is 1. The Hall–Kier alpha value is -3.22. The lowest BCUT2D eigenvalue weighted by atomic mass is 9.98. The van der Waals surface area contributed by atoms with E-state index in [-0.39, 0.29) is 17.8 Å². The highest BCUT2D eigenvalue weighted by Gasteiger charge is 2.27. The standard InChI is InChI=1S/C19H19N5O2/c20-19-21-10-13(11-22-19)7-8-17(25)24-9-3-4-14(12-24)18-23-15-5-1-2-6-16(15)26-18/h1-2,5-8,10-11,14H,3-4,9,12H2,(H2,20,21,22). The summed E-state index contributed by atoms with van der Waals surface area (Å²) in [6.07, 6.45) is 8.31. The Bertz CT molecular complexity index is 915. The maximum atomic E-state index is 12.5. The van der Waals surface area contributed by atoms with E-state index in [2.05, 4.69) is 15.0 Å². The predicted octanol–water partition coefficient (Wildman–Crippen LogP) is 2.62. The molecule has 2 N–H and O–H groups in total. The summed E-state index contributed by atoms with van der Waals surface area (Å²) in [6, 6.07) is 7.72. The lowest BCUT2D eigenvalue weighted by molar-refractivity contribution is -0.127. The molecule has 1 fully saturated rings. The van der Waals surface area contributed by atoms with Gasteiger partial charge in [-0.05, 0) is 31.1 Å². The average Bonchev–Trinajstić information content (AvgIpc) is 3.12. The molecule has 0 radical (unpaired) electrons. The number of amides is 1. The molecule has 1 saturated heterocycles. The van der Waals surface area contributed by atoms with Gasteiger partial charge in [0, 0.05) is 37.1 Å². The second-order valence-electron chi connectivity index (χ2n) is 6.35. The molecule has 1 atom stereocenters. The summed E-state index contributed by atoms with van der Waals surface area (Å²) in [7, 11) is 0. The van der Waals surface area contributed by atoms with Gasteiger partial charge in [0.2, 0.25) is 11.9 Å². The Kier molecular flexibility index (Phi) is 4.35. The smallest absolute Gasteiger partial charge is 0.246 e. The van der Waals surface area contributed by atoms with Crippen LogP contribution >= 0.6 is 0 Å². The zero-order valence-electron chi connectivity index (χ0n) is 14.2. The first-order valence-corrected chi connectivity index (χ1v) is 8.59. The van der Waals surface area contributed by atoms with Crippen LogP contribution in [0.5, 0.6) is 0 Å². The molecule has 132 valence electrons. The molecule has 7 nitrogen and oxygen atoms in total. The molecule has 1 unspecified atom stereocenters. The summed E-state index contributed by atoms with van der Waals surface area (Å²) in [5.41, 5.74) is 7.84. The van der Waals surface area contributed by atoms with Crippen molar-refractivity contribution >= 4 is 29.0 Å². The van der Waals surface area contributed by atoms with E-state index in [1.165, 1.54) is 0 Å². The van der Waals surface area contributed by atoms with Gasteiger partial charge in [-0.15, -0.1) is 0 Å². The number of aromatic nitrogens is 3. The zero-order chi connectivity index (χ0) is 17.9. The van der Waals surface area contributed by atoms with Gasteiger partial charge in [-0.1, -0.05) is 12.1 Å². The van der Waals surface area contributed by atoms with Crippen LogP contribution in [0.2, 0.25) is 0 Å². The van der Waals surface area contributed by atoms with Crippen molar-refractivity contribution in [1.82, 2.24) is 19.9 Å². The number of nitrogens with zero attached hydrogens (tertiary/aromatic N) is 4. The first-order chi connectivity index (χ1) is 12.7. The third-order valence-electron chi connectivity index (χ3n) is 4.50. The molecule has 3 heterocycles. The van der Waals surface area contributed by atoms with Crippen molar-refractivity contribution in [2.45, 2.75) is 18.8 Å². The van der Waals surface area contributed by atoms with Gasteiger partial charge < -0.3 is 15.1 Å². The second-order valence-corrected chi connectivity index (χ2v) is 6.35. The van der Waals surface area contributed by atoms with E-state index < -0.39 is 0 Å². The molecular weight excluding hydrogens is 330 g/mol. The zero-order valence-corrected chi connectivity index (χ0v) is 14.2. The highest BCUT2D eigenvalue weighted by atomic mass is 16.3. The summed E-state index contributed by atoms with van der Waals surface area (Å²) in [5, 5.41) is 0.